The van der Waals surface area contributed by atoms with Crippen LogP contribution in [0.15, 0.2) is 18.2 Å². The van der Waals surface area contributed by atoms with Crippen LogP contribution in [0.1, 0.15) is 24.0 Å². The Balaban J connectivity index is 1.57. The number of amides is 1. The van der Waals surface area contributed by atoms with E-state index in [1.165, 1.54) is 5.56 Å². The molecule has 1 amide bonds. The third kappa shape index (κ3) is 1.81. The summed E-state index contributed by atoms with van der Waals surface area (Å²) in [4.78, 5) is 24.6. The Labute approximate surface area is 123 Å². The molecule has 4 rings (SSSR count). The lowest BCUT2D eigenvalue weighted by Crippen LogP contribution is -2.36. The third-order valence-corrected chi connectivity index (χ3v) is 5.43. The molecule has 5 atom stereocenters. The average molecular weight is 285 g/mol. The summed E-state index contributed by atoms with van der Waals surface area (Å²) < 4.78 is 5.39. The minimum absolute atomic E-state index is 0.0169. The second kappa shape index (κ2) is 4.33. The van der Waals surface area contributed by atoms with E-state index in [0.717, 1.165) is 24.1 Å². The van der Waals surface area contributed by atoms with E-state index >= 15 is 0 Å². The number of rotatable bonds is 2. The van der Waals surface area contributed by atoms with Gasteiger partial charge in [0.2, 0.25) is 5.91 Å². The number of benzene rings is 1. The minimum atomic E-state index is -0.209. The van der Waals surface area contributed by atoms with Gasteiger partial charge in [-0.2, -0.15) is 0 Å². The van der Waals surface area contributed by atoms with E-state index in [0.29, 0.717) is 5.92 Å². The Kier molecular flexibility index (Phi) is 2.65. The highest BCUT2D eigenvalue weighted by Crippen LogP contribution is 2.57. The molecule has 0 spiro atoms. The first-order valence-corrected chi connectivity index (χ1v) is 7.63. The normalized spacial score (nSPS) is 35.9. The zero-order chi connectivity index (χ0) is 14.7. The molecule has 1 N–H and O–H groups in total. The number of aryl methyl sites for hydroxylation is 2. The molecule has 0 radical (unpaired) electrons. The predicted octanol–water partition coefficient (Wildman–Crippen LogP) is 2.44. The number of esters is 1. The van der Waals surface area contributed by atoms with Crippen molar-refractivity contribution in [3.8, 4) is 0 Å². The number of hydrogen-bond acceptors (Lipinski definition) is 3. The molecule has 1 aromatic carbocycles. The van der Waals surface area contributed by atoms with Gasteiger partial charge in [0.25, 0.3) is 0 Å². The summed E-state index contributed by atoms with van der Waals surface area (Å²) in [6.45, 7) is 4.02. The zero-order valence-electron chi connectivity index (χ0n) is 12.3. The van der Waals surface area contributed by atoms with E-state index in [4.69, 9.17) is 4.74 Å². The van der Waals surface area contributed by atoms with Gasteiger partial charge in [-0.25, -0.2) is 0 Å². The fourth-order valence-electron chi connectivity index (χ4n) is 4.53. The molecule has 21 heavy (non-hydrogen) atoms. The van der Waals surface area contributed by atoms with Crippen molar-refractivity contribution < 1.29 is 14.3 Å². The Bertz CT molecular complexity index is 637. The monoisotopic (exact) mass is 285 g/mol. The van der Waals surface area contributed by atoms with Crippen LogP contribution in [0.25, 0.3) is 0 Å². The summed E-state index contributed by atoms with van der Waals surface area (Å²) in [6.07, 6.45) is 1.90. The van der Waals surface area contributed by atoms with Gasteiger partial charge >= 0.3 is 5.97 Å². The predicted molar refractivity (Wildman–Crippen MR) is 77.6 cm³/mol. The maximum absolute atomic E-state index is 12.7. The summed E-state index contributed by atoms with van der Waals surface area (Å²) in [6, 6.07) is 5.98. The van der Waals surface area contributed by atoms with Gasteiger partial charge in [0, 0.05) is 11.6 Å². The van der Waals surface area contributed by atoms with Gasteiger partial charge in [-0.05, 0) is 44.2 Å². The molecule has 4 heteroatoms. The summed E-state index contributed by atoms with van der Waals surface area (Å²) >= 11 is 0. The van der Waals surface area contributed by atoms with Gasteiger partial charge in [0.1, 0.15) is 6.10 Å². The van der Waals surface area contributed by atoms with Crippen molar-refractivity contribution in [1.29, 1.82) is 0 Å². The van der Waals surface area contributed by atoms with Gasteiger partial charge in [0.15, 0.2) is 0 Å². The average Bonchev–Trinajstić information content (AvgIpc) is 3.02. The molecule has 2 bridgehead atoms. The number of carbonyl (C=O) groups is 2. The fourth-order valence-corrected chi connectivity index (χ4v) is 4.53. The van der Waals surface area contributed by atoms with E-state index in [1.807, 2.05) is 26.0 Å². The number of hydrogen-bond donors (Lipinski definition) is 1. The van der Waals surface area contributed by atoms with Gasteiger partial charge in [-0.3, -0.25) is 9.59 Å². The third-order valence-electron chi connectivity index (χ3n) is 5.43. The molecule has 0 aromatic heterocycles. The molecule has 3 aliphatic rings. The first-order chi connectivity index (χ1) is 10.0. The van der Waals surface area contributed by atoms with Crippen molar-refractivity contribution in [2.45, 2.75) is 32.8 Å². The number of nitrogens with one attached hydrogen (secondary N) is 1. The molecule has 0 unspecified atom stereocenters. The minimum Gasteiger partial charge on any atom is -0.462 e. The molecule has 2 saturated carbocycles. The number of fused-ring (bicyclic) bond motifs is 1. The van der Waals surface area contributed by atoms with E-state index in [-0.39, 0.29) is 35.7 Å². The topological polar surface area (TPSA) is 55.4 Å². The summed E-state index contributed by atoms with van der Waals surface area (Å²) in [5.41, 5.74) is 3.07. The van der Waals surface area contributed by atoms with Crippen LogP contribution in [0.2, 0.25) is 0 Å². The van der Waals surface area contributed by atoms with Crippen molar-refractivity contribution >= 4 is 17.6 Å². The SMILES string of the molecule is Cc1ccc(NC(=O)[C@@H]2[C@@H]3C[C@@H]4[C@@H]2C(=O)O[C@@H]4C3)c(C)c1. The first-order valence-electron chi connectivity index (χ1n) is 7.63. The second-order valence-corrected chi connectivity index (χ2v) is 6.73. The van der Waals surface area contributed by atoms with Crippen LogP contribution in [-0.4, -0.2) is 18.0 Å². The lowest BCUT2D eigenvalue weighted by molar-refractivity contribution is -0.145. The maximum Gasteiger partial charge on any atom is 0.310 e. The molecule has 4 nitrogen and oxygen atoms in total. The largest absolute Gasteiger partial charge is 0.462 e. The molecule has 1 aliphatic heterocycles. The van der Waals surface area contributed by atoms with Crippen LogP contribution < -0.4 is 5.32 Å². The van der Waals surface area contributed by atoms with Crippen molar-refractivity contribution in [2.24, 2.45) is 23.7 Å². The lowest BCUT2D eigenvalue weighted by Gasteiger charge is -2.24. The second-order valence-electron chi connectivity index (χ2n) is 6.73. The molecule has 3 fully saturated rings. The molecule has 1 saturated heterocycles. The van der Waals surface area contributed by atoms with Crippen LogP contribution in [0.4, 0.5) is 5.69 Å². The Morgan fingerprint density at radius 1 is 1.29 bits per heavy atom. The van der Waals surface area contributed by atoms with Crippen LogP contribution in [0.5, 0.6) is 0 Å². The van der Waals surface area contributed by atoms with E-state index in [9.17, 15) is 9.59 Å². The molecule has 110 valence electrons. The highest BCUT2D eigenvalue weighted by Gasteiger charge is 2.63. The zero-order valence-corrected chi connectivity index (χ0v) is 12.3. The summed E-state index contributed by atoms with van der Waals surface area (Å²) in [7, 11) is 0. The van der Waals surface area contributed by atoms with Gasteiger partial charge in [-0.1, -0.05) is 17.7 Å². The Hall–Kier alpha value is -1.84. The van der Waals surface area contributed by atoms with Crippen LogP contribution in [0, 0.1) is 37.5 Å². The van der Waals surface area contributed by atoms with E-state index < -0.39 is 0 Å². The summed E-state index contributed by atoms with van der Waals surface area (Å²) in [5.74, 6) is -0.0106. The van der Waals surface area contributed by atoms with Gasteiger partial charge in [-0.15, -0.1) is 0 Å². The number of anilines is 1. The Morgan fingerprint density at radius 3 is 2.86 bits per heavy atom. The van der Waals surface area contributed by atoms with Crippen LogP contribution in [0.3, 0.4) is 0 Å². The highest BCUT2D eigenvalue weighted by molar-refractivity contribution is 5.97. The molecular weight excluding hydrogens is 266 g/mol. The number of ether oxygens (including phenoxy) is 1. The first kappa shape index (κ1) is 12.9. The quantitative estimate of drug-likeness (QED) is 0.849. The smallest absolute Gasteiger partial charge is 0.310 e. The number of carbonyl (C=O) groups excluding carboxylic acids is 2. The molecule has 1 aromatic rings. The van der Waals surface area contributed by atoms with E-state index in [1.54, 1.807) is 0 Å². The molecule has 2 aliphatic carbocycles. The molecule has 1 heterocycles. The van der Waals surface area contributed by atoms with Crippen LogP contribution in [-0.2, 0) is 14.3 Å². The Morgan fingerprint density at radius 2 is 2.10 bits per heavy atom. The standard InChI is InChI=1S/C17H19NO3/c1-8-3-4-12(9(2)5-8)18-16(19)14-10-6-11-13(7-10)21-17(20)15(11)14/h3-5,10-11,13-15H,6-7H2,1-2H3,(H,18,19)/t10-,11+,13-,14-,15+/m1/s1. The van der Waals surface area contributed by atoms with Crippen molar-refractivity contribution in [3.63, 3.8) is 0 Å². The maximum atomic E-state index is 12.7. The van der Waals surface area contributed by atoms with Gasteiger partial charge in [0.05, 0.1) is 11.8 Å². The van der Waals surface area contributed by atoms with Crippen molar-refractivity contribution in [1.82, 2.24) is 0 Å². The fraction of sp³-hybridized carbons (Fsp3) is 0.529. The molecular formula is C17H19NO3. The van der Waals surface area contributed by atoms with Gasteiger partial charge < -0.3 is 10.1 Å². The van der Waals surface area contributed by atoms with E-state index in [2.05, 4.69) is 11.4 Å². The highest BCUT2D eigenvalue weighted by atomic mass is 16.6. The lowest BCUT2D eigenvalue weighted by atomic mass is 9.79. The summed E-state index contributed by atoms with van der Waals surface area (Å²) in [5, 5.41) is 3.02. The van der Waals surface area contributed by atoms with Crippen molar-refractivity contribution in [2.75, 3.05) is 5.32 Å². The van der Waals surface area contributed by atoms with Crippen LogP contribution >= 0.6 is 0 Å². The van der Waals surface area contributed by atoms with Crippen molar-refractivity contribution in [3.05, 3.63) is 29.3 Å².